The van der Waals surface area contributed by atoms with E-state index in [2.05, 4.69) is 9.80 Å². The largest absolute Gasteiger partial charge is 0.396 e. The zero-order chi connectivity index (χ0) is 13.1. The van der Waals surface area contributed by atoms with E-state index in [0.29, 0.717) is 12.5 Å². The summed E-state index contributed by atoms with van der Waals surface area (Å²) in [6.45, 7) is 5.35. The third-order valence-electron chi connectivity index (χ3n) is 5.63. The summed E-state index contributed by atoms with van der Waals surface area (Å²) in [5.41, 5.74) is 0. The molecule has 0 aromatic carbocycles. The molecule has 3 aliphatic rings. The first-order valence-corrected chi connectivity index (χ1v) is 8.46. The maximum absolute atomic E-state index is 9.28. The van der Waals surface area contributed by atoms with Gasteiger partial charge in [0.15, 0.2) is 0 Å². The van der Waals surface area contributed by atoms with Crippen LogP contribution in [0.2, 0.25) is 0 Å². The van der Waals surface area contributed by atoms with Gasteiger partial charge in [-0.3, -0.25) is 9.80 Å². The number of likely N-dealkylation sites (tertiary alicyclic amines) is 2. The Kier molecular flexibility index (Phi) is 4.78. The van der Waals surface area contributed by atoms with Crippen molar-refractivity contribution < 1.29 is 5.11 Å². The van der Waals surface area contributed by atoms with Crippen molar-refractivity contribution in [2.75, 3.05) is 32.8 Å². The van der Waals surface area contributed by atoms with Gasteiger partial charge in [0.25, 0.3) is 0 Å². The second-order valence-corrected chi connectivity index (χ2v) is 6.92. The van der Waals surface area contributed by atoms with E-state index in [9.17, 15) is 5.11 Å². The second kappa shape index (κ2) is 6.55. The van der Waals surface area contributed by atoms with Crippen LogP contribution in [0.4, 0.5) is 0 Å². The SMILES string of the molecule is OCC1CCN(C2CCN(C3CCCCCC3)C2)C1. The van der Waals surface area contributed by atoms with Crippen molar-refractivity contribution in [1.29, 1.82) is 0 Å². The number of aliphatic hydroxyl groups excluding tert-OH is 1. The number of hydrogen-bond donors (Lipinski definition) is 1. The minimum absolute atomic E-state index is 0.384. The first-order valence-electron chi connectivity index (χ1n) is 8.46. The molecule has 0 aromatic rings. The van der Waals surface area contributed by atoms with Gasteiger partial charge in [0, 0.05) is 38.3 Å². The van der Waals surface area contributed by atoms with Gasteiger partial charge in [0.05, 0.1) is 0 Å². The van der Waals surface area contributed by atoms with Crippen molar-refractivity contribution in [3.05, 3.63) is 0 Å². The molecule has 2 aliphatic heterocycles. The van der Waals surface area contributed by atoms with Gasteiger partial charge in [-0.25, -0.2) is 0 Å². The summed E-state index contributed by atoms with van der Waals surface area (Å²) in [7, 11) is 0. The Balaban J connectivity index is 1.49. The highest BCUT2D eigenvalue weighted by Gasteiger charge is 2.34. The van der Waals surface area contributed by atoms with Gasteiger partial charge in [-0.05, 0) is 38.1 Å². The van der Waals surface area contributed by atoms with Crippen LogP contribution in [0.3, 0.4) is 0 Å². The summed E-state index contributed by atoms with van der Waals surface area (Å²) >= 11 is 0. The summed E-state index contributed by atoms with van der Waals surface area (Å²) in [6, 6.07) is 1.66. The van der Waals surface area contributed by atoms with Gasteiger partial charge < -0.3 is 5.11 Å². The fourth-order valence-electron chi connectivity index (χ4n) is 4.36. The molecule has 2 atom stereocenters. The molecule has 1 aliphatic carbocycles. The van der Waals surface area contributed by atoms with Gasteiger partial charge in [0.1, 0.15) is 0 Å². The predicted octanol–water partition coefficient (Wildman–Crippen LogP) is 2.10. The molecule has 0 bridgehead atoms. The van der Waals surface area contributed by atoms with Crippen LogP contribution in [0.1, 0.15) is 51.4 Å². The van der Waals surface area contributed by atoms with Crippen LogP contribution in [-0.2, 0) is 0 Å². The maximum atomic E-state index is 9.28. The molecule has 2 heterocycles. The van der Waals surface area contributed by atoms with Crippen LogP contribution in [0, 0.1) is 5.92 Å². The third kappa shape index (κ3) is 3.32. The summed E-state index contributed by atoms with van der Waals surface area (Å²) < 4.78 is 0. The average molecular weight is 266 g/mol. The number of rotatable bonds is 3. The molecule has 0 amide bonds. The predicted molar refractivity (Wildman–Crippen MR) is 78.2 cm³/mol. The zero-order valence-corrected chi connectivity index (χ0v) is 12.3. The normalized spacial score (nSPS) is 35.8. The Labute approximate surface area is 118 Å². The quantitative estimate of drug-likeness (QED) is 0.793. The lowest BCUT2D eigenvalue weighted by Crippen LogP contribution is -2.39. The Bertz CT molecular complexity index is 276. The van der Waals surface area contributed by atoms with Gasteiger partial charge in [-0.15, -0.1) is 0 Å². The average Bonchev–Trinajstić information content (AvgIpc) is 3.02. The minimum atomic E-state index is 0.384. The van der Waals surface area contributed by atoms with E-state index in [0.717, 1.165) is 18.6 Å². The summed E-state index contributed by atoms with van der Waals surface area (Å²) in [4.78, 5) is 5.43. The number of nitrogens with zero attached hydrogens (tertiary/aromatic N) is 2. The molecule has 1 N–H and O–H groups in total. The fourth-order valence-corrected chi connectivity index (χ4v) is 4.36. The molecule has 3 fully saturated rings. The molecule has 0 radical (unpaired) electrons. The smallest absolute Gasteiger partial charge is 0.0471 e. The molecule has 110 valence electrons. The van der Waals surface area contributed by atoms with Gasteiger partial charge in [0.2, 0.25) is 0 Å². The number of aliphatic hydroxyl groups is 1. The van der Waals surface area contributed by atoms with Gasteiger partial charge in [-0.2, -0.15) is 0 Å². The summed E-state index contributed by atoms with van der Waals surface area (Å²) in [5, 5.41) is 9.28. The third-order valence-corrected chi connectivity index (χ3v) is 5.63. The molecular weight excluding hydrogens is 236 g/mol. The lowest BCUT2D eigenvalue weighted by atomic mass is 10.1. The van der Waals surface area contributed by atoms with E-state index < -0.39 is 0 Å². The second-order valence-electron chi connectivity index (χ2n) is 6.92. The van der Waals surface area contributed by atoms with Crippen LogP contribution in [0.15, 0.2) is 0 Å². The standard InChI is InChI=1S/C16H30N2O/c19-13-14-7-9-17(11-14)16-8-10-18(12-16)15-5-3-1-2-4-6-15/h14-16,19H,1-13H2. The molecule has 0 aromatic heterocycles. The van der Waals surface area contributed by atoms with E-state index in [1.54, 1.807) is 0 Å². The summed E-state index contributed by atoms with van der Waals surface area (Å²) in [5.74, 6) is 0.548. The molecule has 0 spiro atoms. The van der Waals surface area contributed by atoms with Crippen molar-refractivity contribution in [3.63, 3.8) is 0 Å². The van der Waals surface area contributed by atoms with E-state index in [4.69, 9.17) is 0 Å². The van der Waals surface area contributed by atoms with Crippen LogP contribution < -0.4 is 0 Å². The Morgan fingerprint density at radius 3 is 2.11 bits per heavy atom. The molecule has 2 saturated heterocycles. The fraction of sp³-hybridized carbons (Fsp3) is 1.00. The van der Waals surface area contributed by atoms with E-state index >= 15 is 0 Å². The van der Waals surface area contributed by atoms with Crippen LogP contribution >= 0.6 is 0 Å². The van der Waals surface area contributed by atoms with E-state index in [1.807, 2.05) is 0 Å². The molecule has 19 heavy (non-hydrogen) atoms. The Morgan fingerprint density at radius 2 is 1.42 bits per heavy atom. The van der Waals surface area contributed by atoms with E-state index in [-0.39, 0.29) is 0 Å². The molecule has 1 saturated carbocycles. The highest BCUT2D eigenvalue weighted by atomic mass is 16.3. The highest BCUT2D eigenvalue weighted by Crippen LogP contribution is 2.28. The maximum Gasteiger partial charge on any atom is 0.0471 e. The molecule has 3 nitrogen and oxygen atoms in total. The Hall–Kier alpha value is -0.120. The lowest BCUT2D eigenvalue weighted by molar-refractivity contribution is 0.175. The van der Waals surface area contributed by atoms with Crippen LogP contribution in [0.25, 0.3) is 0 Å². The van der Waals surface area contributed by atoms with Crippen molar-refractivity contribution in [2.45, 2.75) is 63.5 Å². The lowest BCUT2D eigenvalue weighted by Gasteiger charge is -2.29. The molecular formula is C16H30N2O. The molecule has 2 unspecified atom stereocenters. The van der Waals surface area contributed by atoms with Crippen LogP contribution in [-0.4, -0.2) is 59.8 Å². The van der Waals surface area contributed by atoms with Crippen molar-refractivity contribution in [1.82, 2.24) is 9.80 Å². The molecule has 3 rings (SSSR count). The van der Waals surface area contributed by atoms with Crippen molar-refractivity contribution in [2.24, 2.45) is 5.92 Å². The molecule has 3 heteroatoms. The van der Waals surface area contributed by atoms with Crippen LogP contribution in [0.5, 0.6) is 0 Å². The zero-order valence-electron chi connectivity index (χ0n) is 12.3. The Morgan fingerprint density at radius 1 is 0.737 bits per heavy atom. The van der Waals surface area contributed by atoms with Gasteiger partial charge >= 0.3 is 0 Å². The van der Waals surface area contributed by atoms with Crippen molar-refractivity contribution >= 4 is 0 Å². The topological polar surface area (TPSA) is 26.7 Å². The van der Waals surface area contributed by atoms with Gasteiger partial charge in [-0.1, -0.05) is 25.7 Å². The minimum Gasteiger partial charge on any atom is -0.396 e. The first kappa shape index (κ1) is 13.8. The first-order chi connectivity index (χ1) is 9.36. The highest BCUT2D eigenvalue weighted by molar-refractivity contribution is 4.90. The summed E-state index contributed by atoms with van der Waals surface area (Å²) in [6.07, 6.45) is 11.2. The monoisotopic (exact) mass is 266 g/mol. The van der Waals surface area contributed by atoms with Crippen molar-refractivity contribution in [3.8, 4) is 0 Å². The van der Waals surface area contributed by atoms with E-state index in [1.165, 1.54) is 71.0 Å². The number of hydrogen-bond acceptors (Lipinski definition) is 3.